The van der Waals surface area contributed by atoms with Crippen molar-refractivity contribution in [1.29, 1.82) is 0 Å². The van der Waals surface area contributed by atoms with Crippen LogP contribution in [0.4, 0.5) is 0 Å². The second kappa shape index (κ2) is 4.65. The van der Waals surface area contributed by atoms with Crippen molar-refractivity contribution >= 4 is 27.8 Å². The number of rotatable bonds is 2. The van der Waals surface area contributed by atoms with E-state index in [1.165, 1.54) is 26.7 Å². The third kappa shape index (κ3) is 1.90. The Labute approximate surface area is 113 Å². The number of hydrogen-bond acceptors (Lipinski definition) is 5. The van der Waals surface area contributed by atoms with Crippen LogP contribution in [-0.4, -0.2) is 20.6 Å². The van der Waals surface area contributed by atoms with E-state index in [1.807, 2.05) is 0 Å². The van der Waals surface area contributed by atoms with E-state index < -0.39 is 0 Å². The van der Waals surface area contributed by atoms with Crippen LogP contribution in [0.1, 0.15) is 30.3 Å². The summed E-state index contributed by atoms with van der Waals surface area (Å²) in [5.74, 6) is 0. The molecule has 0 aliphatic carbocycles. The van der Waals surface area contributed by atoms with E-state index in [0.29, 0.717) is 15.1 Å². The number of aryl methyl sites for hydroxylation is 2. The van der Waals surface area contributed by atoms with Gasteiger partial charge in [-0.05, 0) is 26.3 Å². The third-order valence-electron chi connectivity index (χ3n) is 3.09. The fourth-order valence-electron chi connectivity index (χ4n) is 2.09. The van der Waals surface area contributed by atoms with E-state index in [1.54, 1.807) is 27.8 Å². The molecule has 0 radical (unpaired) electrons. The Morgan fingerprint density at radius 2 is 2.00 bits per heavy atom. The molecule has 0 amide bonds. The predicted molar refractivity (Wildman–Crippen MR) is 75.8 cm³/mol. The maximum Gasteiger partial charge on any atom is 0.332 e. The zero-order valence-electron chi connectivity index (χ0n) is 11.2. The first-order valence-corrected chi connectivity index (χ1v) is 6.63. The molecule has 0 fully saturated rings. The minimum Gasteiger partial charge on any atom is -0.411 e. The lowest BCUT2D eigenvalue weighted by atomic mass is 10.2. The Balaban J connectivity index is 3.05. The van der Waals surface area contributed by atoms with Crippen LogP contribution in [0, 0.1) is 6.92 Å². The average Bonchev–Trinajstić information content (AvgIpc) is 2.65. The Morgan fingerprint density at radius 1 is 1.37 bits per heavy atom. The van der Waals surface area contributed by atoms with Gasteiger partial charge in [0.25, 0.3) is 5.56 Å². The van der Waals surface area contributed by atoms with Gasteiger partial charge >= 0.3 is 5.69 Å². The Morgan fingerprint density at radius 3 is 2.53 bits per heavy atom. The summed E-state index contributed by atoms with van der Waals surface area (Å²) in [4.78, 5) is 25.9. The van der Waals surface area contributed by atoms with Crippen molar-refractivity contribution in [3.8, 4) is 0 Å². The van der Waals surface area contributed by atoms with Crippen LogP contribution >= 0.6 is 11.3 Å². The topological polar surface area (TPSA) is 76.6 Å². The lowest BCUT2D eigenvalue weighted by molar-refractivity contribution is 0.322. The lowest BCUT2D eigenvalue weighted by Gasteiger charge is -2.11. The number of aromatic nitrogens is 2. The summed E-state index contributed by atoms with van der Waals surface area (Å²) in [6.45, 7) is 5.38. The van der Waals surface area contributed by atoms with E-state index in [9.17, 15) is 9.59 Å². The lowest BCUT2D eigenvalue weighted by Crippen LogP contribution is -2.39. The van der Waals surface area contributed by atoms with Crippen LogP contribution in [0.3, 0.4) is 0 Å². The van der Waals surface area contributed by atoms with Crippen molar-refractivity contribution < 1.29 is 5.21 Å². The molecule has 0 bridgehead atoms. The van der Waals surface area contributed by atoms with Gasteiger partial charge in [0.1, 0.15) is 4.83 Å². The monoisotopic (exact) mass is 281 g/mol. The van der Waals surface area contributed by atoms with Crippen molar-refractivity contribution in [2.24, 2.45) is 12.2 Å². The third-order valence-corrected chi connectivity index (χ3v) is 4.39. The highest BCUT2D eigenvalue weighted by molar-refractivity contribution is 7.20. The summed E-state index contributed by atoms with van der Waals surface area (Å²) in [5, 5.41) is 12.1. The molecule has 6 nitrogen and oxygen atoms in total. The Bertz CT molecular complexity index is 780. The first-order chi connectivity index (χ1) is 8.90. The highest BCUT2D eigenvalue weighted by Crippen LogP contribution is 2.26. The van der Waals surface area contributed by atoms with Crippen LogP contribution < -0.4 is 11.2 Å². The molecule has 2 aromatic heterocycles. The molecular formula is C12H15N3O3S. The summed E-state index contributed by atoms with van der Waals surface area (Å²) < 4.78 is 2.70. The summed E-state index contributed by atoms with van der Waals surface area (Å²) in [7, 11) is 1.64. The summed E-state index contributed by atoms with van der Waals surface area (Å²) >= 11 is 1.26. The fraction of sp³-hybridized carbons (Fsp3) is 0.417. The minimum absolute atomic E-state index is 0.204. The van der Waals surface area contributed by atoms with E-state index in [-0.39, 0.29) is 17.3 Å². The van der Waals surface area contributed by atoms with Crippen molar-refractivity contribution in [3.63, 3.8) is 0 Å². The molecule has 0 aliphatic heterocycles. The number of oxime groups is 1. The molecule has 0 aromatic carbocycles. The average molecular weight is 281 g/mol. The highest BCUT2D eigenvalue weighted by Gasteiger charge is 2.18. The van der Waals surface area contributed by atoms with Gasteiger partial charge in [0.15, 0.2) is 0 Å². The second-order valence-corrected chi connectivity index (χ2v) is 5.66. The molecule has 2 aromatic rings. The molecule has 1 N–H and O–H groups in total. The van der Waals surface area contributed by atoms with Crippen molar-refractivity contribution in [2.75, 3.05) is 0 Å². The quantitative estimate of drug-likeness (QED) is 0.514. The molecule has 0 unspecified atom stereocenters. The van der Waals surface area contributed by atoms with Gasteiger partial charge in [-0.3, -0.25) is 13.9 Å². The van der Waals surface area contributed by atoms with Crippen LogP contribution in [0.2, 0.25) is 0 Å². The number of nitrogens with zero attached hydrogens (tertiary/aromatic N) is 3. The summed E-state index contributed by atoms with van der Waals surface area (Å²) in [5.41, 5.74) is 0.105. The van der Waals surface area contributed by atoms with Crippen LogP contribution in [-0.2, 0) is 7.05 Å². The Kier molecular flexibility index (Phi) is 3.32. The van der Waals surface area contributed by atoms with Gasteiger partial charge in [-0.1, -0.05) is 5.16 Å². The molecule has 0 saturated carbocycles. The molecule has 0 aliphatic rings. The fourth-order valence-corrected chi connectivity index (χ4v) is 3.21. The van der Waals surface area contributed by atoms with Gasteiger partial charge < -0.3 is 5.21 Å². The zero-order valence-corrected chi connectivity index (χ0v) is 12.0. The maximum absolute atomic E-state index is 12.4. The maximum atomic E-state index is 12.4. The van der Waals surface area contributed by atoms with Crippen LogP contribution in [0.5, 0.6) is 0 Å². The number of thiophene rings is 1. The van der Waals surface area contributed by atoms with Gasteiger partial charge in [0.05, 0.1) is 16.5 Å². The zero-order chi connectivity index (χ0) is 14.3. The standard InChI is InChI=1S/C12H15N3O3S/c1-6(2)15-10(16)9-7(3)8(5-13-18)19-11(9)14(4)12(15)17/h5-6,18H,1-4H3/b13-5+. The first kappa shape index (κ1) is 13.5. The Hall–Kier alpha value is -1.89. The minimum atomic E-state index is -0.332. The molecule has 0 atom stereocenters. The number of fused-ring (bicyclic) bond motifs is 1. The second-order valence-electron chi connectivity index (χ2n) is 4.63. The van der Waals surface area contributed by atoms with Gasteiger partial charge in [0, 0.05) is 13.1 Å². The SMILES string of the molecule is Cc1c(/C=N/O)sc2c1c(=O)n(C(C)C)c(=O)n2C. The number of hydrogen-bond donors (Lipinski definition) is 1. The molecular weight excluding hydrogens is 266 g/mol. The molecule has 102 valence electrons. The smallest absolute Gasteiger partial charge is 0.332 e. The normalized spacial score (nSPS) is 12.1. The van der Waals surface area contributed by atoms with E-state index >= 15 is 0 Å². The van der Waals surface area contributed by atoms with Crippen molar-refractivity contribution in [1.82, 2.24) is 9.13 Å². The highest BCUT2D eigenvalue weighted by atomic mass is 32.1. The van der Waals surface area contributed by atoms with Crippen LogP contribution in [0.25, 0.3) is 10.2 Å². The summed E-state index contributed by atoms with van der Waals surface area (Å²) in [6, 6.07) is -0.204. The molecule has 2 rings (SSSR count). The van der Waals surface area contributed by atoms with Gasteiger partial charge in [-0.15, -0.1) is 11.3 Å². The largest absolute Gasteiger partial charge is 0.411 e. The predicted octanol–water partition coefficient (Wildman–Crippen LogP) is 1.46. The molecule has 19 heavy (non-hydrogen) atoms. The van der Waals surface area contributed by atoms with E-state index in [4.69, 9.17) is 5.21 Å². The molecule has 7 heteroatoms. The molecule has 0 saturated heterocycles. The summed E-state index contributed by atoms with van der Waals surface area (Å²) in [6.07, 6.45) is 1.28. The van der Waals surface area contributed by atoms with Crippen LogP contribution in [0.15, 0.2) is 14.7 Å². The molecule has 0 spiro atoms. The van der Waals surface area contributed by atoms with E-state index in [0.717, 1.165) is 5.56 Å². The van der Waals surface area contributed by atoms with Gasteiger partial charge in [-0.2, -0.15) is 0 Å². The van der Waals surface area contributed by atoms with Gasteiger partial charge in [-0.25, -0.2) is 4.79 Å². The first-order valence-electron chi connectivity index (χ1n) is 5.82. The van der Waals surface area contributed by atoms with Crippen molar-refractivity contribution in [3.05, 3.63) is 31.3 Å². The van der Waals surface area contributed by atoms with Gasteiger partial charge in [0.2, 0.25) is 0 Å². The van der Waals surface area contributed by atoms with E-state index in [2.05, 4.69) is 5.16 Å². The van der Waals surface area contributed by atoms with Crippen molar-refractivity contribution in [2.45, 2.75) is 26.8 Å². The molecule has 2 heterocycles.